The third-order valence-corrected chi connectivity index (χ3v) is 5.13. The molecule has 0 saturated heterocycles. The van der Waals surface area contributed by atoms with Gasteiger partial charge in [-0.15, -0.1) is 0 Å². The van der Waals surface area contributed by atoms with Crippen LogP contribution in [0.4, 0.5) is 0 Å². The van der Waals surface area contributed by atoms with Gasteiger partial charge in [-0.1, -0.05) is 73.7 Å². The van der Waals surface area contributed by atoms with Gasteiger partial charge in [0, 0.05) is 17.5 Å². The lowest BCUT2D eigenvalue weighted by molar-refractivity contribution is -0.305. The lowest BCUT2D eigenvalue weighted by atomic mass is 9.84. The molecule has 0 N–H and O–H groups in total. The van der Waals surface area contributed by atoms with Gasteiger partial charge in [0.1, 0.15) is 12.4 Å². The molecule has 4 heteroatoms. The molecule has 154 valence electrons. The maximum Gasteiger partial charge on any atom is 0.170 e. The highest BCUT2D eigenvalue weighted by Gasteiger charge is 2.24. The Morgan fingerprint density at radius 2 is 1.67 bits per heavy atom. The summed E-state index contributed by atoms with van der Waals surface area (Å²) in [6.07, 6.45) is 0.803. The Morgan fingerprint density at radius 3 is 2.40 bits per heavy atom. The molecule has 0 amide bonds. The van der Waals surface area contributed by atoms with E-state index >= 15 is 0 Å². The van der Waals surface area contributed by atoms with Crippen LogP contribution >= 0.6 is 0 Å². The van der Waals surface area contributed by atoms with Crippen molar-refractivity contribution in [2.24, 2.45) is 0 Å². The van der Waals surface area contributed by atoms with Crippen LogP contribution in [-0.2, 0) is 17.8 Å². The first kappa shape index (κ1) is 21.3. The molecule has 0 fully saturated rings. The van der Waals surface area contributed by atoms with Gasteiger partial charge in [-0.25, -0.2) is 0 Å². The quantitative estimate of drug-likeness (QED) is 0.475. The van der Waals surface area contributed by atoms with E-state index in [0.29, 0.717) is 17.9 Å². The normalized spacial score (nSPS) is 11.6. The molecule has 0 saturated carbocycles. The minimum absolute atomic E-state index is 0.109. The summed E-state index contributed by atoms with van der Waals surface area (Å²) < 4.78 is 5.86. The van der Waals surface area contributed by atoms with E-state index in [4.69, 9.17) is 4.74 Å². The van der Waals surface area contributed by atoms with Crippen molar-refractivity contribution >= 4 is 11.8 Å². The van der Waals surface area contributed by atoms with Crippen molar-refractivity contribution in [2.75, 3.05) is 0 Å². The van der Waals surface area contributed by atoms with Crippen molar-refractivity contribution in [3.05, 3.63) is 101 Å². The fourth-order valence-electron chi connectivity index (χ4n) is 3.57. The fourth-order valence-corrected chi connectivity index (χ4v) is 3.57. The van der Waals surface area contributed by atoms with Crippen LogP contribution in [0, 0.1) is 0 Å². The summed E-state index contributed by atoms with van der Waals surface area (Å²) >= 11 is 0. The van der Waals surface area contributed by atoms with Crippen molar-refractivity contribution in [1.82, 2.24) is 0 Å². The highest BCUT2D eigenvalue weighted by atomic mass is 16.5. The first-order valence-corrected chi connectivity index (χ1v) is 10.2. The van der Waals surface area contributed by atoms with Crippen molar-refractivity contribution in [3.8, 4) is 5.75 Å². The SMILES string of the molecule is CCc1ccccc1C(CCC(=O)[O-])C(=O)c1cccc(OCc2ccccc2)c1. The van der Waals surface area contributed by atoms with Gasteiger partial charge in [-0.3, -0.25) is 4.79 Å². The summed E-state index contributed by atoms with van der Waals surface area (Å²) in [7, 11) is 0. The molecule has 0 aromatic heterocycles. The van der Waals surface area contributed by atoms with Crippen LogP contribution in [0.1, 0.15) is 52.7 Å². The number of hydrogen-bond donors (Lipinski definition) is 0. The van der Waals surface area contributed by atoms with Crippen molar-refractivity contribution < 1.29 is 19.4 Å². The van der Waals surface area contributed by atoms with Crippen LogP contribution in [0.3, 0.4) is 0 Å². The van der Waals surface area contributed by atoms with Gasteiger partial charge in [0.05, 0.1) is 0 Å². The van der Waals surface area contributed by atoms with E-state index in [2.05, 4.69) is 0 Å². The molecule has 4 nitrogen and oxygen atoms in total. The molecule has 0 aliphatic carbocycles. The summed E-state index contributed by atoms with van der Waals surface area (Å²) in [6.45, 7) is 2.43. The second-order valence-electron chi connectivity index (χ2n) is 7.18. The molecule has 3 aromatic carbocycles. The van der Waals surface area contributed by atoms with Crippen molar-refractivity contribution in [1.29, 1.82) is 0 Å². The van der Waals surface area contributed by atoms with Gasteiger partial charge >= 0.3 is 0 Å². The van der Waals surface area contributed by atoms with E-state index in [1.807, 2.05) is 67.6 Å². The Morgan fingerprint density at radius 1 is 0.933 bits per heavy atom. The van der Waals surface area contributed by atoms with Gasteiger partial charge in [0.15, 0.2) is 5.78 Å². The number of carboxylic acids is 1. The maximum atomic E-state index is 13.4. The minimum atomic E-state index is -1.15. The predicted molar refractivity (Wildman–Crippen MR) is 114 cm³/mol. The predicted octanol–water partition coefficient (Wildman–Crippen LogP) is 4.32. The summed E-state index contributed by atoms with van der Waals surface area (Å²) in [5.74, 6) is -1.19. The largest absolute Gasteiger partial charge is 0.550 e. The minimum Gasteiger partial charge on any atom is -0.550 e. The zero-order valence-corrected chi connectivity index (χ0v) is 17.0. The number of ketones is 1. The summed E-state index contributed by atoms with van der Waals surface area (Å²) in [4.78, 5) is 24.5. The molecule has 3 aromatic rings. The molecule has 0 aliphatic heterocycles. The van der Waals surface area contributed by atoms with Crippen molar-refractivity contribution in [2.45, 2.75) is 38.7 Å². The first-order valence-electron chi connectivity index (χ1n) is 10.2. The average molecular weight is 401 g/mol. The number of aryl methyl sites for hydroxylation is 1. The second-order valence-corrected chi connectivity index (χ2v) is 7.18. The van der Waals surface area contributed by atoms with Gasteiger partial charge in [0.25, 0.3) is 0 Å². The van der Waals surface area contributed by atoms with Gasteiger partial charge < -0.3 is 14.6 Å². The zero-order chi connectivity index (χ0) is 21.3. The maximum absolute atomic E-state index is 13.4. The Kier molecular flexibility index (Phi) is 7.39. The monoisotopic (exact) mass is 401 g/mol. The Hall–Kier alpha value is -3.40. The molecule has 1 atom stereocenters. The van der Waals surface area contributed by atoms with E-state index in [9.17, 15) is 14.7 Å². The number of hydrogen-bond acceptors (Lipinski definition) is 4. The Balaban J connectivity index is 1.84. The van der Waals surface area contributed by atoms with E-state index in [1.54, 1.807) is 18.2 Å². The van der Waals surface area contributed by atoms with Crippen LogP contribution in [-0.4, -0.2) is 11.8 Å². The van der Waals surface area contributed by atoms with Crippen LogP contribution < -0.4 is 9.84 Å². The first-order chi connectivity index (χ1) is 14.6. The average Bonchev–Trinajstić information content (AvgIpc) is 2.78. The zero-order valence-electron chi connectivity index (χ0n) is 17.0. The highest BCUT2D eigenvalue weighted by molar-refractivity contribution is 6.01. The summed E-state index contributed by atoms with van der Waals surface area (Å²) in [6, 6.07) is 24.6. The number of benzene rings is 3. The highest BCUT2D eigenvalue weighted by Crippen LogP contribution is 2.30. The molecule has 0 heterocycles. The summed E-state index contributed by atoms with van der Waals surface area (Å²) in [5.41, 5.74) is 3.47. The number of carbonyl (C=O) groups is 2. The molecule has 30 heavy (non-hydrogen) atoms. The van der Waals surface area contributed by atoms with Gasteiger partial charge in [-0.2, -0.15) is 0 Å². The van der Waals surface area contributed by atoms with Gasteiger partial charge in [-0.05, 0) is 48.1 Å². The third kappa shape index (κ3) is 5.57. The van der Waals surface area contributed by atoms with E-state index in [0.717, 1.165) is 23.1 Å². The number of carboxylic acid groups (broad SMARTS) is 1. The number of carbonyl (C=O) groups excluding carboxylic acids is 2. The Bertz CT molecular complexity index is 995. The fraction of sp³-hybridized carbons (Fsp3) is 0.231. The lowest BCUT2D eigenvalue weighted by Gasteiger charge is -2.20. The third-order valence-electron chi connectivity index (χ3n) is 5.13. The molecule has 0 bridgehead atoms. The van der Waals surface area contributed by atoms with Crippen LogP contribution in [0.2, 0.25) is 0 Å². The van der Waals surface area contributed by atoms with Crippen LogP contribution in [0.5, 0.6) is 5.75 Å². The van der Waals surface area contributed by atoms with E-state index < -0.39 is 11.9 Å². The smallest absolute Gasteiger partial charge is 0.170 e. The number of rotatable bonds is 10. The lowest BCUT2D eigenvalue weighted by Crippen LogP contribution is -2.24. The molecule has 0 radical (unpaired) electrons. The Labute approximate surface area is 177 Å². The number of aliphatic carboxylic acids is 1. The van der Waals surface area contributed by atoms with Crippen LogP contribution in [0.15, 0.2) is 78.9 Å². The topological polar surface area (TPSA) is 66.4 Å². The molecule has 3 rings (SSSR count). The van der Waals surface area contributed by atoms with Crippen molar-refractivity contribution in [3.63, 3.8) is 0 Å². The van der Waals surface area contributed by atoms with Gasteiger partial charge in [0.2, 0.25) is 0 Å². The number of ether oxygens (including phenoxy) is 1. The molecule has 1 unspecified atom stereocenters. The number of Topliss-reactive ketones (excluding diaryl/α,β-unsaturated/α-hetero) is 1. The molecular formula is C26H25O4-. The van der Waals surface area contributed by atoms with E-state index in [-0.39, 0.29) is 18.6 Å². The van der Waals surface area contributed by atoms with Crippen LogP contribution in [0.25, 0.3) is 0 Å². The summed E-state index contributed by atoms with van der Waals surface area (Å²) in [5, 5.41) is 11.1. The molecule has 0 aliphatic rings. The molecule has 0 spiro atoms. The van der Waals surface area contributed by atoms with E-state index in [1.165, 1.54) is 0 Å². The second kappa shape index (κ2) is 10.4. The molecular weight excluding hydrogens is 376 g/mol. The standard InChI is InChI=1S/C26H26O4/c1-2-20-11-6-7-14-23(20)24(15-16-25(27)28)26(29)21-12-8-13-22(17-21)30-18-19-9-4-3-5-10-19/h3-14,17,24H,2,15-16,18H2,1H3,(H,27,28)/p-1.